The van der Waals surface area contributed by atoms with Crippen molar-refractivity contribution in [1.29, 1.82) is 0 Å². The van der Waals surface area contributed by atoms with Gasteiger partial charge >= 0.3 is 5.97 Å². The van der Waals surface area contributed by atoms with Gasteiger partial charge in [0.25, 0.3) is 0 Å². The van der Waals surface area contributed by atoms with Crippen molar-refractivity contribution >= 4 is 29.5 Å². The lowest BCUT2D eigenvalue weighted by atomic mass is 10.2. The zero-order valence-electron chi connectivity index (χ0n) is 11.3. The second-order valence-corrected chi connectivity index (χ2v) is 4.61. The summed E-state index contributed by atoms with van der Waals surface area (Å²) in [5.74, 6) is -1.08. The van der Waals surface area contributed by atoms with Crippen molar-refractivity contribution in [2.45, 2.75) is 0 Å². The zero-order valence-corrected chi connectivity index (χ0v) is 12.1. The van der Waals surface area contributed by atoms with Gasteiger partial charge in [-0.25, -0.2) is 9.18 Å². The predicted molar refractivity (Wildman–Crippen MR) is 85.3 cm³/mol. The second-order valence-electron chi connectivity index (χ2n) is 4.17. The van der Waals surface area contributed by atoms with E-state index in [2.05, 4.69) is 22.7 Å². The van der Waals surface area contributed by atoms with Gasteiger partial charge in [0.15, 0.2) is 5.11 Å². The number of hydrazone groups is 1. The van der Waals surface area contributed by atoms with Gasteiger partial charge in [-0.2, -0.15) is 5.10 Å². The Hall–Kier alpha value is -2.80. The molecule has 7 heteroatoms. The number of halogens is 1. The molecule has 2 rings (SSSR count). The Labute approximate surface area is 131 Å². The average molecular weight is 317 g/mol. The van der Waals surface area contributed by atoms with E-state index < -0.39 is 11.8 Å². The molecule has 0 saturated heterocycles. The maximum Gasteiger partial charge on any atom is 0.346 e. The van der Waals surface area contributed by atoms with Gasteiger partial charge < -0.3 is 10.5 Å². The third kappa shape index (κ3) is 4.35. The Kier molecular flexibility index (Phi) is 5.16. The molecule has 0 fully saturated rings. The fraction of sp³-hybridized carbons (Fsp3) is 0. The summed E-state index contributed by atoms with van der Waals surface area (Å²) in [7, 11) is 0. The number of ether oxygens (including phenoxy) is 1. The molecule has 0 amide bonds. The van der Waals surface area contributed by atoms with Crippen molar-refractivity contribution in [3.63, 3.8) is 0 Å². The number of hydrogen-bond donors (Lipinski definition) is 2. The van der Waals surface area contributed by atoms with Crippen LogP contribution in [0.3, 0.4) is 0 Å². The Morgan fingerprint density at radius 3 is 2.55 bits per heavy atom. The summed E-state index contributed by atoms with van der Waals surface area (Å²) in [5, 5.41) is 3.85. The predicted octanol–water partition coefficient (Wildman–Crippen LogP) is 2.21. The molecule has 0 heterocycles. The van der Waals surface area contributed by atoms with Crippen molar-refractivity contribution < 1.29 is 13.9 Å². The molecule has 0 saturated carbocycles. The highest BCUT2D eigenvalue weighted by molar-refractivity contribution is 7.80. The van der Waals surface area contributed by atoms with Crippen molar-refractivity contribution in [2.75, 3.05) is 0 Å². The number of rotatable bonds is 4. The molecule has 0 aliphatic rings. The molecule has 2 aromatic carbocycles. The number of nitrogens with two attached hydrogens (primary N) is 1. The van der Waals surface area contributed by atoms with Crippen LogP contribution in [0.4, 0.5) is 4.39 Å². The Morgan fingerprint density at radius 2 is 1.91 bits per heavy atom. The molecule has 0 bridgehead atoms. The minimum Gasteiger partial charge on any atom is -0.423 e. The first-order valence-corrected chi connectivity index (χ1v) is 6.62. The Morgan fingerprint density at radius 1 is 1.23 bits per heavy atom. The highest BCUT2D eigenvalue weighted by atomic mass is 32.1. The van der Waals surface area contributed by atoms with Gasteiger partial charge in [0.05, 0.1) is 11.8 Å². The molecular formula is C15H12FN3O2S. The van der Waals surface area contributed by atoms with Crippen LogP contribution in [0.25, 0.3) is 0 Å². The quantitative estimate of drug-likeness (QED) is 0.297. The number of nitrogens with one attached hydrogen (secondary N) is 1. The number of hydrogen-bond acceptors (Lipinski definition) is 4. The van der Waals surface area contributed by atoms with E-state index in [1.54, 1.807) is 30.3 Å². The van der Waals surface area contributed by atoms with Crippen molar-refractivity contribution in [1.82, 2.24) is 5.43 Å². The molecule has 0 atom stereocenters. The van der Waals surface area contributed by atoms with Crippen LogP contribution in [0.1, 0.15) is 15.9 Å². The lowest BCUT2D eigenvalue weighted by molar-refractivity contribution is 0.0730. The standard InChI is InChI=1S/C15H12FN3O2S/c16-13-4-2-1-3-12(13)14(20)21-11-7-5-10(6-8-11)9-18-19-15(17)22/h1-9H,(H3,17,19,22)/b18-9+. The Bertz CT molecular complexity index is 717. The van der Waals surface area contributed by atoms with E-state index in [-0.39, 0.29) is 10.7 Å². The summed E-state index contributed by atoms with van der Waals surface area (Å²) in [5.41, 5.74) is 8.27. The van der Waals surface area contributed by atoms with Crippen LogP contribution in [-0.2, 0) is 0 Å². The average Bonchev–Trinajstić information content (AvgIpc) is 2.49. The summed E-state index contributed by atoms with van der Waals surface area (Å²) in [6, 6.07) is 12.1. The normalized spacial score (nSPS) is 10.4. The number of nitrogens with zero attached hydrogens (tertiary/aromatic N) is 1. The van der Waals surface area contributed by atoms with Gasteiger partial charge in [-0.15, -0.1) is 0 Å². The minimum absolute atomic E-state index is 0.0617. The highest BCUT2D eigenvalue weighted by Gasteiger charge is 2.12. The summed E-state index contributed by atoms with van der Waals surface area (Å²) >= 11 is 4.60. The fourth-order valence-electron chi connectivity index (χ4n) is 1.58. The van der Waals surface area contributed by atoms with Gasteiger partial charge in [-0.1, -0.05) is 12.1 Å². The third-order valence-corrected chi connectivity index (χ3v) is 2.66. The molecule has 0 radical (unpaired) electrons. The molecule has 0 spiro atoms. The van der Waals surface area contributed by atoms with E-state index in [9.17, 15) is 9.18 Å². The first kappa shape index (κ1) is 15.6. The van der Waals surface area contributed by atoms with Gasteiger partial charge in [-0.3, -0.25) is 5.43 Å². The minimum atomic E-state index is -0.755. The van der Waals surface area contributed by atoms with E-state index in [0.717, 1.165) is 5.56 Å². The first-order valence-electron chi connectivity index (χ1n) is 6.21. The number of benzene rings is 2. The molecule has 3 N–H and O–H groups in total. The monoisotopic (exact) mass is 317 g/mol. The lowest BCUT2D eigenvalue weighted by Gasteiger charge is -2.05. The smallest absolute Gasteiger partial charge is 0.346 e. The molecule has 5 nitrogen and oxygen atoms in total. The fourth-order valence-corrected chi connectivity index (χ4v) is 1.63. The van der Waals surface area contributed by atoms with Gasteiger partial charge in [-0.05, 0) is 54.2 Å². The van der Waals surface area contributed by atoms with E-state index >= 15 is 0 Å². The molecule has 0 aromatic heterocycles. The van der Waals surface area contributed by atoms with E-state index in [0.29, 0.717) is 5.75 Å². The number of carbonyl (C=O) groups is 1. The summed E-state index contributed by atoms with van der Waals surface area (Å²) in [6.07, 6.45) is 1.50. The SMILES string of the molecule is NC(=S)N/N=C/c1ccc(OC(=O)c2ccccc2F)cc1. The van der Waals surface area contributed by atoms with Crippen LogP contribution >= 0.6 is 12.2 Å². The molecule has 0 aliphatic heterocycles. The molecule has 2 aromatic rings. The maximum atomic E-state index is 13.5. The van der Waals surface area contributed by atoms with Crippen LogP contribution in [0.15, 0.2) is 53.6 Å². The molecule has 112 valence electrons. The van der Waals surface area contributed by atoms with Gasteiger partial charge in [0.2, 0.25) is 0 Å². The number of carbonyl (C=O) groups excluding carboxylic acids is 1. The summed E-state index contributed by atoms with van der Waals surface area (Å²) in [6.45, 7) is 0. The van der Waals surface area contributed by atoms with Crippen LogP contribution in [0.2, 0.25) is 0 Å². The maximum absolute atomic E-state index is 13.5. The summed E-state index contributed by atoms with van der Waals surface area (Å²) in [4.78, 5) is 11.8. The first-order chi connectivity index (χ1) is 10.6. The number of thiocarbonyl (C=S) groups is 1. The Balaban J connectivity index is 2.02. The van der Waals surface area contributed by atoms with Crippen LogP contribution < -0.4 is 15.9 Å². The van der Waals surface area contributed by atoms with Gasteiger partial charge in [0.1, 0.15) is 11.6 Å². The zero-order chi connectivity index (χ0) is 15.9. The molecule has 22 heavy (non-hydrogen) atoms. The summed E-state index contributed by atoms with van der Waals surface area (Å²) < 4.78 is 18.6. The van der Waals surface area contributed by atoms with Crippen LogP contribution in [-0.4, -0.2) is 17.3 Å². The molecule has 0 aliphatic carbocycles. The van der Waals surface area contributed by atoms with Crippen molar-refractivity contribution in [3.05, 3.63) is 65.5 Å². The second kappa shape index (κ2) is 7.28. The highest BCUT2D eigenvalue weighted by Crippen LogP contribution is 2.15. The molecular weight excluding hydrogens is 305 g/mol. The largest absolute Gasteiger partial charge is 0.423 e. The van der Waals surface area contributed by atoms with Gasteiger partial charge in [0, 0.05) is 0 Å². The number of esters is 1. The van der Waals surface area contributed by atoms with Crippen molar-refractivity contribution in [3.8, 4) is 5.75 Å². The van der Waals surface area contributed by atoms with E-state index in [1.807, 2.05) is 0 Å². The van der Waals surface area contributed by atoms with E-state index in [1.165, 1.54) is 24.4 Å². The van der Waals surface area contributed by atoms with Crippen molar-refractivity contribution in [2.24, 2.45) is 10.8 Å². The van der Waals surface area contributed by atoms with Crippen LogP contribution in [0.5, 0.6) is 5.75 Å². The molecule has 0 unspecified atom stereocenters. The topological polar surface area (TPSA) is 76.7 Å². The third-order valence-electron chi connectivity index (χ3n) is 2.57. The van der Waals surface area contributed by atoms with E-state index in [4.69, 9.17) is 10.5 Å². The van der Waals surface area contributed by atoms with Crippen LogP contribution in [0, 0.1) is 5.82 Å². The lowest BCUT2D eigenvalue weighted by Crippen LogP contribution is -2.23.